The molecular weight excluding hydrogens is 232 g/mol. The molecule has 0 aliphatic heterocycles. The highest BCUT2D eigenvalue weighted by Gasteiger charge is 2.10. The molecule has 1 heterocycles. The summed E-state index contributed by atoms with van der Waals surface area (Å²) in [5.41, 5.74) is 0.502. The molecule has 84 valence electrons. The van der Waals surface area contributed by atoms with E-state index in [4.69, 9.17) is 5.14 Å². The van der Waals surface area contributed by atoms with E-state index in [0.29, 0.717) is 0 Å². The molecule has 0 amide bonds. The predicted molar refractivity (Wildman–Crippen MR) is 58.6 cm³/mol. The van der Waals surface area contributed by atoms with Crippen molar-refractivity contribution in [2.75, 3.05) is 0 Å². The van der Waals surface area contributed by atoms with Gasteiger partial charge in [0.2, 0.25) is 0 Å². The van der Waals surface area contributed by atoms with Crippen molar-refractivity contribution in [1.82, 2.24) is 9.78 Å². The van der Waals surface area contributed by atoms with Gasteiger partial charge in [-0.05, 0) is 42.3 Å². The van der Waals surface area contributed by atoms with Crippen molar-refractivity contribution in [3.63, 3.8) is 0 Å². The average Bonchev–Trinajstić information content (AvgIpc) is 2.78. The van der Waals surface area contributed by atoms with E-state index in [1.54, 1.807) is 12.1 Å². The van der Waals surface area contributed by atoms with Gasteiger partial charge in [0.15, 0.2) is 0 Å². The molecule has 0 aliphatic rings. The van der Waals surface area contributed by atoms with Gasteiger partial charge in [0.1, 0.15) is 5.69 Å². The van der Waals surface area contributed by atoms with E-state index in [2.05, 4.69) is 5.10 Å². The van der Waals surface area contributed by atoms with Crippen LogP contribution in [0.5, 0.6) is 0 Å². The molecule has 0 saturated carbocycles. The Hall–Kier alpha value is -1.40. The second-order valence-corrected chi connectivity index (χ2v) is 3.80. The molecular formula is C10H9F2N3S. The van der Waals surface area contributed by atoms with Gasteiger partial charge < -0.3 is 0 Å². The summed E-state index contributed by atoms with van der Waals surface area (Å²) in [6, 6.07) is 8.47. The van der Waals surface area contributed by atoms with Gasteiger partial charge in [0, 0.05) is 11.1 Å². The van der Waals surface area contributed by atoms with Gasteiger partial charge in [-0.25, -0.2) is 13.5 Å². The first-order valence-electron chi connectivity index (χ1n) is 4.51. The van der Waals surface area contributed by atoms with E-state index in [1.165, 1.54) is 16.9 Å². The van der Waals surface area contributed by atoms with Crippen LogP contribution in [-0.2, 0) is 0 Å². The predicted octanol–water partition coefficient (Wildman–Crippen LogP) is 2.78. The minimum absolute atomic E-state index is 0.225. The maximum Gasteiger partial charge on any atom is 0.282 e. The Morgan fingerprint density at radius 3 is 2.38 bits per heavy atom. The summed E-state index contributed by atoms with van der Waals surface area (Å²) in [6.07, 6.45) is -1.04. The first-order valence-corrected chi connectivity index (χ1v) is 5.39. The number of halogens is 2. The van der Waals surface area contributed by atoms with Crippen LogP contribution >= 0.6 is 11.9 Å². The number of nitrogens with two attached hydrogens (primary N) is 1. The summed E-state index contributed by atoms with van der Waals surface area (Å²) >= 11 is 1.13. The number of hydrogen-bond donors (Lipinski definition) is 1. The molecule has 1 aromatic carbocycles. The van der Waals surface area contributed by atoms with Crippen LogP contribution < -0.4 is 5.14 Å². The molecule has 0 bridgehead atoms. The van der Waals surface area contributed by atoms with Crippen LogP contribution in [0, 0.1) is 0 Å². The molecule has 16 heavy (non-hydrogen) atoms. The summed E-state index contributed by atoms with van der Waals surface area (Å²) in [5, 5.41) is 9.14. The second kappa shape index (κ2) is 4.63. The van der Waals surface area contributed by atoms with E-state index in [9.17, 15) is 8.78 Å². The molecule has 2 N–H and O–H groups in total. The largest absolute Gasteiger partial charge is 0.282 e. The lowest BCUT2D eigenvalue weighted by Gasteiger charge is -2.02. The molecule has 0 atom stereocenters. The fourth-order valence-electron chi connectivity index (χ4n) is 1.28. The third-order valence-corrected chi connectivity index (χ3v) is 2.61. The Balaban J connectivity index is 2.28. The van der Waals surface area contributed by atoms with E-state index >= 15 is 0 Å². The highest BCUT2D eigenvalue weighted by Crippen LogP contribution is 2.19. The van der Waals surface area contributed by atoms with Gasteiger partial charge in [-0.2, -0.15) is 5.10 Å². The first kappa shape index (κ1) is 11.1. The fourth-order valence-corrected chi connectivity index (χ4v) is 1.57. The molecule has 6 heteroatoms. The first-order chi connectivity index (χ1) is 7.70. The number of benzene rings is 1. The SMILES string of the molecule is NSc1ccc(-n2ccc(C(F)F)n2)cc1. The van der Waals surface area contributed by atoms with Gasteiger partial charge >= 0.3 is 0 Å². The van der Waals surface area contributed by atoms with Crippen LogP contribution in [0.1, 0.15) is 12.1 Å². The molecule has 0 saturated heterocycles. The summed E-state index contributed by atoms with van der Waals surface area (Å²) < 4.78 is 26.0. The van der Waals surface area contributed by atoms with Crippen molar-refractivity contribution in [3.8, 4) is 5.69 Å². The molecule has 0 aliphatic carbocycles. The standard InChI is InChI=1S/C10H9F2N3S/c11-10(12)9-5-6-15(14-9)7-1-3-8(16-13)4-2-7/h1-6,10H,13H2. The van der Waals surface area contributed by atoms with Crippen LogP contribution in [0.2, 0.25) is 0 Å². The number of rotatable bonds is 3. The van der Waals surface area contributed by atoms with Gasteiger partial charge in [-0.1, -0.05) is 0 Å². The number of aromatic nitrogens is 2. The lowest BCUT2D eigenvalue weighted by atomic mass is 10.3. The minimum atomic E-state index is -2.54. The molecule has 1 aromatic heterocycles. The van der Waals surface area contributed by atoms with E-state index in [-0.39, 0.29) is 5.69 Å². The van der Waals surface area contributed by atoms with Crippen LogP contribution in [0.25, 0.3) is 5.69 Å². The second-order valence-electron chi connectivity index (χ2n) is 3.10. The zero-order valence-corrected chi connectivity index (χ0v) is 8.99. The van der Waals surface area contributed by atoms with Gasteiger partial charge in [0.05, 0.1) is 5.69 Å². The maximum atomic E-state index is 12.3. The van der Waals surface area contributed by atoms with Crippen molar-refractivity contribution in [2.45, 2.75) is 11.3 Å². The van der Waals surface area contributed by atoms with E-state index in [0.717, 1.165) is 22.5 Å². The van der Waals surface area contributed by atoms with Crippen molar-refractivity contribution in [1.29, 1.82) is 0 Å². The van der Waals surface area contributed by atoms with Crippen LogP contribution in [-0.4, -0.2) is 9.78 Å². The molecule has 3 nitrogen and oxygen atoms in total. The van der Waals surface area contributed by atoms with Crippen LogP contribution in [0.3, 0.4) is 0 Å². The lowest BCUT2D eigenvalue weighted by Crippen LogP contribution is -1.96. The number of nitrogens with zero attached hydrogens (tertiary/aromatic N) is 2. The summed E-state index contributed by atoms with van der Waals surface area (Å²) in [4.78, 5) is 0.907. The van der Waals surface area contributed by atoms with Crippen molar-refractivity contribution in [3.05, 3.63) is 42.2 Å². The Kier molecular flexibility index (Phi) is 3.21. The topological polar surface area (TPSA) is 43.8 Å². The van der Waals surface area contributed by atoms with Gasteiger partial charge in [-0.3, -0.25) is 5.14 Å². The number of alkyl halides is 2. The highest BCUT2D eigenvalue weighted by molar-refractivity contribution is 7.97. The third-order valence-electron chi connectivity index (χ3n) is 2.07. The summed E-state index contributed by atoms with van der Waals surface area (Å²) in [7, 11) is 0. The zero-order chi connectivity index (χ0) is 11.5. The maximum absolute atomic E-state index is 12.3. The lowest BCUT2D eigenvalue weighted by molar-refractivity contribution is 0.145. The molecule has 0 spiro atoms. The molecule has 0 radical (unpaired) electrons. The summed E-state index contributed by atoms with van der Waals surface area (Å²) in [5.74, 6) is 0. The Bertz CT molecular complexity index is 467. The fraction of sp³-hybridized carbons (Fsp3) is 0.100. The average molecular weight is 241 g/mol. The van der Waals surface area contributed by atoms with Crippen LogP contribution in [0.15, 0.2) is 41.4 Å². The zero-order valence-electron chi connectivity index (χ0n) is 8.18. The van der Waals surface area contributed by atoms with Crippen molar-refractivity contribution in [2.24, 2.45) is 5.14 Å². The third kappa shape index (κ3) is 2.23. The quantitative estimate of drug-likeness (QED) is 0.840. The Morgan fingerprint density at radius 2 is 1.88 bits per heavy atom. The highest BCUT2D eigenvalue weighted by atomic mass is 32.2. The van der Waals surface area contributed by atoms with Crippen molar-refractivity contribution >= 4 is 11.9 Å². The van der Waals surface area contributed by atoms with Crippen LogP contribution in [0.4, 0.5) is 8.78 Å². The molecule has 0 fully saturated rings. The summed E-state index contributed by atoms with van der Waals surface area (Å²) in [6.45, 7) is 0. The molecule has 2 aromatic rings. The van der Waals surface area contributed by atoms with Gasteiger partial charge in [-0.15, -0.1) is 0 Å². The van der Waals surface area contributed by atoms with Crippen molar-refractivity contribution < 1.29 is 8.78 Å². The molecule has 0 unspecified atom stereocenters. The Labute approximate surface area is 95.4 Å². The van der Waals surface area contributed by atoms with E-state index < -0.39 is 6.43 Å². The molecule has 2 rings (SSSR count). The van der Waals surface area contributed by atoms with E-state index in [1.807, 2.05) is 12.1 Å². The minimum Gasteiger partial charge on any atom is -0.274 e. The normalized spacial score (nSPS) is 11.0. The number of hydrogen-bond acceptors (Lipinski definition) is 3. The smallest absolute Gasteiger partial charge is 0.274 e. The Morgan fingerprint density at radius 1 is 1.19 bits per heavy atom. The monoisotopic (exact) mass is 241 g/mol. The van der Waals surface area contributed by atoms with Gasteiger partial charge in [0.25, 0.3) is 6.43 Å².